The number of ether oxygens (including phenoxy) is 1. The Morgan fingerprint density at radius 2 is 2.05 bits per heavy atom. The first-order valence-corrected chi connectivity index (χ1v) is 6.60. The van der Waals surface area contributed by atoms with Gasteiger partial charge in [-0.2, -0.15) is 5.10 Å². The number of methoxy groups -OCH3 is 1. The van der Waals surface area contributed by atoms with Crippen LogP contribution in [0.3, 0.4) is 0 Å². The van der Waals surface area contributed by atoms with Crippen molar-refractivity contribution in [2.45, 2.75) is 25.9 Å². The number of aryl methyl sites for hydroxylation is 1. The van der Waals surface area contributed by atoms with Crippen molar-refractivity contribution in [1.29, 1.82) is 0 Å². The van der Waals surface area contributed by atoms with Crippen LogP contribution >= 0.6 is 0 Å². The predicted molar refractivity (Wildman–Crippen MR) is 76.1 cm³/mol. The maximum atomic E-state index is 10.7. The highest BCUT2D eigenvalue weighted by molar-refractivity contribution is 5.81. The highest BCUT2D eigenvalue weighted by atomic mass is 16.5. The summed E-state index contributed by atoms with van der Waals surface area (Å²) in [5.74, 6) is 0.105. The van der Waals surface area contributed by atoms with E-state index in [-0.39, 0.29) is 5.92 Å². The van der Waals surface area contributed by atoms with Crippen molar-refractivity contribution < 1.29 is 9.84 Å². The first-order valence-electron chi connectivity index (χ1n) is 6.60. The van der Waals surface area contributed by atoms with Gasteiger partial charge < -0.3 is 9.84 Å². The maximum Gasteiger partial charge on any atom is 0.0958 e. The number of hydrogen-bond acceptors (Lipinski definition) is 3. The highest BCUT2D eigenvalue weighted by Gasteiger charge is 2.33. The van der Waals surface area contributed by atoms with Gasteiger partial charge in [-0.15, -0.1) is 0 Å². The molecule has 1 unspecified atom stereocenters. The number of fused-ring (bicyclic) bond motifs is 1. The van der Waals surface area contributed by atoms with Gasteiger partial charge in [0.15, 0.2) is 0 Å². The summed E-state index contributed by atoms with van der Waals surface area (Å²) >= 11 is 0. The summed E-state index contributed by atoms with van der Waals surface area (Å²) in [5, 5.41) is 16.4. The summed E-state index contributed by atoms with van der Waals surface area (Å²) in [6.45, 7) is 4.32. The van der Waals surface area contributed by atoms with Crippen molar-refractivity contribution in [3.8, 4) is 0 Å². The largest absolute Gasteiger partial charge is 0.387 e. The molecular weight excluding hydrogens is 240 g/mol. The Labute approximate surface area is 114 Å². The molecule has 19 heavy (non-hydrogen) atoms. The van der Waals surface area contributed by atoms with E-state index in [4.69, 9.17) is 4.74 Å². The molecule has 1 aromatic heterocycles. The number of para-hydroxylation sites is 1. The summed E-state index contributed by atoms with van der Waals surface area (Å²) in [4.78, 5) is 0. The van der Waals surface area contributed by atoms with Gasteiger partial charge in [0.05, 0.1) is 23.4 Å². The van der Waals surface area contributed by atoms with Crippen molar-refractivity contribution in [3.05, 3.63) is 30.0 Å². The molecular formula is C15H22N2O2. The van der Waals surface area contributed by atoms with E-state index in [0.717, 1.165) is 16.6 Å². The number of benzene rings is 1. The molecule has 2 aromatic rings. The van der Waals surface area contributed by atoms with Gasteiger partial charge in [-0.05, 0) is 12.0 Å². The second kappa shape index (κ2) is 5.31. The fourth-order valence-corrected chi connectivity index (χ4v) is 2.38. The molecule has 1 heterocycles. The standard InChI is InChI=1S/C15H22N2O2/c1-11(2)15(18,10-19-4)9-13-12-7-5-6-8-14(12)17(3)16-13/h5-8,11,18H,9-10H2,1-4H3. The minimum absolute atomic E-state index is 0.105. The van der Waals surface area contributed by atoms with Crippen LogP contribution in [-0.2, 0) is 18.2 Å². The Balaban J connectivity index is 2.40. The molecule has 0 fully saturated rings. The number of aliphatic hydroxyl groups is 1. The minimum Gasteiger partial charge on any atom is -0.387 e. The lowest BCUT2D eigenvalue weighted by Crippen LogP contribution is -2.42. The third-order valence-corrected chi connectivity index (χ3v) is 3.78. The van der Waals surface area contributed by atoms with Crippen LogP contribution in [0.2, 0.25) is 0 Å². The second-order valence-corrected chi connectivity index (χ2v) is 5.46. The second-order valence-electron chi connectivity index (χ2n) is 5.46. The molecule has 4 heteroatoms. The number of nitrogens with zero attached hydrogens (tertiary/aromatic N) is 2. The molecule has 0 spiro atoms. The van der Waals surface area contributed by atoms with Crippen LogP contribution in [0.5, 0.6) is 0 Å². The summed E-state index contributed by atoms with van der Waals surface area (Å²) < 4.78 is 7.03. The highest BCUT2D eigenvalue weighted by Crippen LogP contribution is 2.26. The van der Waals surface area contributed by atoms with Gasteiger partial charge >= 0.3 is 0 Å². The van der Waals surface area contributed by atoms with Gasteiger partial charge in [-0.3, -0.25) is 4.68 Å². The van der Waals surface area contributed by atoms with Crippen LogP contribution in [0.1, 0.15) is 19.5 Å². The van der Waals surface area contributed by atoms with E-state index >= 15 is 0 Å². The van der Waals surface area contributed by atoms with Gasteiger partial charge in [-0.1, -0.05) is 32.0 Å². The molecule has 0 aliphatic rings. The van der Waals surface area contributed by atoms with Crippen molar-refractivity contribution in [2.75, 3.05) is 13.7 Å². The van der Waals surface area contributed by atoms with Crippen molar-refractivity contribution >= 4 is 10.9 Å². The molecule has 104 valence electrons. The number of aromatic nitrogens is 2. The quantitative estimate of drug-likeness (QED) is 0.898. The third-order valence-electron chi connectivity index (χ3n) is 3.78. The Bertz CT molecular complexity index is 562. The van der Waals surface area contributed by atoms with E-state index < -0.39 is 5.60 Å². The monoisotopic (exact) mass is 262 g/mol. The average Bonchev–Trinajstić information content (AvgIpc) is 2.67. The predicted octanol–water partition coefficient (Wildman–Crippen LogP) is 2.15. The molecule has 1 N–H and O–H groups in total. The van der Waals surface area contributed by atoms with Gasteiger partial charge in [0.1, 0.15) is 0 Å². The Kier molecular flexibility index (Phi) is 3.92. The van der Waals surface area contributed by atoms with Crippen LogP contribution < -0.4 is 0 Å². The van der Waals surface area contributed by atoms with E-state index in [1.165, 1.54) is 0 Å². The minimum atomic E-state index is -0.883. The Morgan fingerprint density at radius 3 is 2.68 bits per heavy atom. The maximum absolute atomic E-state index is 10.7. The van der Waals surface area contributed by atoms with E-state index in [1.54, 1.807) is 7.11 Å². The molecule has 1 aromatic carbocycles. The summed E-state index contributed by atoms with van der Waals surface area (Å²) in [6, 6.07) is 8.08. The number of hydrogen-bond donors (Lipinski definition) is 1. The van der Waals surface area contributed by atoms with Crippen LogP contribution in [0.4, 0.5) is 0 Å². The summed E-state index contributed by atoms with van der Waals surface area (Å²) in [7, 11) is 3.54. The lowest BCUT2D eigenvalue weighted by molar-refractivity contribution is -0.0641. The SMILES string of the molecule is COCC(O)(Cc1nn(C)c2ccccc12)C(C)C. The van der Waals surface area contributed by atoms with E-state index in [1.807, 2.05) is 49.8 Å². The smallest absolute Gasteiger partial charge is 0.0958 e. The molecule has 0 saturated heterocycles. The fraction of sp³-hybridized carbons (Fsp3) is 0.533. The molecule has 1 atom stereocenters. The number of rotatable bonds is 5. The Morgan fingerprint density at radius 1 is 1.37 bits per heavy atom. The zero-order valence-electron chi connectivity index (χ0n) is 12.1. The lowest BCUT2D eigenvalue weighted by Gasteiger charge is -2.30. The van der Waals surface area contributed by atoms with E-state index in [2.05, 4.69) is 5.10 Å². The normalized spacial score (nSPS) is 15.1. The first-order chi connectivity index (χ1) is 8.98. The van der Waals surface area contributed by atoms with Crippen molar-refractivity contribution in [1.82, 2.24) is 9.78 Å². The molecule has 2 rings (SSSR count). The molecule has 0 aliphatic heterocycles. The summed E-state index contributed by atoms with van der Waals surface area (Å²) in [6.07, 6.45) is 0.500. The average molecular weight is 262 g/mol. The first kappa shape index (κ1) is 14.0. The van der Waals surface area contributed by atoms with Crippen LogP contribution in [0.15, 0.2) is 24.3 Å². The van der Waals surface area contributed by atoms with Gasteiger partial charge in [-0.25, -0.2) is 0 Å². The van der Waals surface area contributed by atoms with Crippen LogP contribution in [0.25, 0.3) is 10.9 Å². The van der Waals surface area contributed by atoms with Crippen molar-refractivity contribution in [3.63, 3.8) is 0 Å². The lowest BCUT2D eigenvalue weighted by atomic mass is 9.86. The molecule has 0 saturated carbocycles. The molecule has 0 amide bonds. The molecule has 0 aliphatic carbocycles. The molecule has 0 radical (unpaired) electrons. The topological polar surface area (TPSA) is 47.3 Å². The van der Waals surface area contributed by atoms with E-state index in [0.29, 0.717) is 13.0 Å². The fourth-order valence-electron chi connectivity index (χ4n) is 2.38. The van der Waals surface area contributed by atoms with Gasteiger partial charge in [0.2, 0.25) is 0 Å². The van der Waals surface area contributed by atoms with Crippen molar-refractivity contribution in [2.24, 2.45) is 13.0 Å². The summed E-state index contributed by atoms with van der Waals surface area (Å²) in [5.41, 5.74) is 1.12. The van der Waals surface area contributed by atoms with Crippen LogP contribution in [-0.4, -0.2) is 34.2 Å². The van der Waals surface area contributed by atoms with Gasteiger partial charge in [0, 0.05) is 26.0 Å². The van der Waals surface area contributed by atoms with Crippen LogP contribution in [0, 0.1) is 5.92 Å². The molecule has 0 bridgehead atoms. The van der Waals surface area contributed by atoms with E-state index in [9.17, 15) is 5.11 Å². The Hall–Kier alpha value is -1.39. The zero-order chi connectivity index (χ0) is 14.0. The third kappa shape index (κ3) is 2.65. The van der Waals surface area contributed by atoms with Gasteiger partial charge in [0.25, 0.3) is 0 Å². The zero-order valence-corrected chi connectivity index (χ0v) is 12.1. The molecule has 4 nitrogen and oxygen atoms in total.